The van der Waals surface area contributed by atoms with Gasteiger partial charge in [0.25, 0.3) is 0 Å². The lowest BCUT2D eigenvalue weighted by molar-refractivity contribution is -0.274. The minimum atomic E-state index is -4.80. The van der Waals surface area contributed by atoms with E-state index in [0.717, 1.165) is 28.8 Å². The van der Waals surface area contributed by atoms with Crippen LogP contribution in [0.25, 0.3) is 5.69 Å². The zero-order valence-electron chi connectivity index (χ0n) is 21.4. The predicted molar refractivity (Wildman–Crippen MR) is 130 cm³/mol. The summed E-state index contributed by atoms with van der Waals surface area (Å²) in [5.41, 5.74) is 1.28. The van der Waals surface area contributed by atoms with Crippen molar-refractivity contribution in [2.75, 3.05) is 6.61 Å². The fourth-order valence-corrected chi connectivity index (χ4v) is 3.78. The second kappa shape index (κ2) is 11.1. The molecule has 3 rings (SSSR count). The zero-order chi connectivity index (χ0) is 27.4. The summed E-state index contributed by atoms with van der Waals surface area (Å²) >= 11 is 0. The van der Waals surface area contributed by atoms with Crippen molar-refractivity contribution < 1.29 is 32.2 Å². The molecule has 0 aliphatic rings. The summed E-state index contributed by atoms with van der Waals surface area (Å²) in [4.78, 5) is 25.3. The summed E-state index contributed by atoms with van der Waals surface area (Å²) in [6.45, 7) is 9.41. The Morgan fingerprint density at radius 1 is 0.973 bits per heavy atom. The average Bonchev–Trinajstić information content (AvgIpc) is 3.19. The number of esters is 1. The minimum Gasteiger partial charge on any atom is -0.476 e. The summed E-state index contributed by atoms with van der Waals surface area (Å²) in [5, 5.41) is 4.17. The van der Waals surface area contributed by atoms with Gasteiger partial charge in [-0.05, 0) is 74.6 Å². The van der Waals surface area contributed by atoms with Crippen LogP contribution in [-0.2, 0) is 28.9 Å². The molecule has 2 aromatic carbocycles. The van der Waals surface area contributed by atoms with Crippen LogP contribution in [0.4, 0.5) is 13.2 Å². The Morgan fingerprint density at radius 3 is 2.08 bits per heavy atom. The molecule has 0 spiro atoms. The third-order valence-corrected chi connectivity index (χ3v) is 5.60. The molecule has 0 bridgehead atoms. The number of halogens is 3. The van der Waals surface area contributed by atoms with Crippen molar-refractivity contribution in [3.8, 4) is 17.2 Å². The highest BCUT2D eigenvalue weighted by atomic mass is 19.4. The van der Waals surface area contributed by atoms with E-state index in [9.17, 15) is 22.8 Å². The van der Waals surface area contributed by atoms with Crippen LogP contribution < -0.4 is 15.2 Å². The Labute approximate surface area is 212 Å². The first-order chi connectivity index (χ1) is 17.4. The largest absolute Gasteiger partial charge is 0.573 e. The van der Waals surface area contributed by atoms with Crippen LogP contribution in [-0.4, -0.2) is 38.9 Å². The van der Waals surface area contributed by atoms with Crippen LogP contribution in [0.5, 0.6) is 11.5 Å². The van der Waals surface area contributed by atoms with Gasteiger partial charge in [0.05, 0.1) is 18.8 Å². The van der Waals surface area contributed by atoms with Crippen molar-refractivity contribution in [1.82, 2.24) is 14.3 Å². The molecule has 0 unspecified atom stereocenters. The normalized spacial score (nSPS) is 11.9. The maximum Gasteiger partial charge on any atom is 0.573 e. The Bertz CT molecular complexity index is 1270. The predicted octanol–water partition coefficient (Wildman–Crippen LogP) is 4.83. The molecule has 0 saturated heterocycles. The summed E-state index contributed by atoms with van der Waals surface area (Å²) in [6, 6.07) is 8.76. The highest BCUT2D eigenvalue weighted by Crippen LogP contribution is 2.31. The van der Waals surface area contributed by atoms with Gasteiger partial charge in [-0.3, -0.25) is 0 Å². The van der Waals surface area contributed by atoms with Gasteiger partial charge in [-0.2, -0.15) is 5.10 Å². The number of aryl methyl sites for hydroxylation is 2. The van der Waals surface area contributed by atoms with Crippen molar-refractivity contribution in [2.24, 2.45) is 0 Å². The van der Waals surface area contributed by atoms with E-state index in [2.05, 4.69) is 9.84 Å². The average molecular weight is 522 g/mol. The first kappa shape index (κ1) is 27.8. The molecule has 3 aromatic rings. The molecule has 0 aliphatic carbocycles. The lowest BCUT2D eigenvalue weighted by atomic mass is 9.99. The molecule has 1 aromatic heterocycles. The van der Waals surface area contributed by atoms with E-state index in [4.69, 9.17) is 9.47 Å². The van der Waals surface area contributed by atoms with Gasteiger partial charge < -0.3 is 14.2 Å². The molecule has 0 N–H and O–H groups in total. The maximum absolute atomic E-state index is 13.0. The first-order valence-corrected chi connectivity index (χ1v) is 11.9. The van der Waals surface area contributed by atoms with E-state index in [-0.39, 0.29) is 18.9 Å². The Morgan fingerprint density at radius 2 is 1.57 bits per heavy atom. The number of rotatable bonds is 10. The van der Waals surface area contributed by atoms with E-state index < -0.39 is 23.6 Å². The standard InChI is InChI=1S/C26H30F3N3O5/c1-6-18-13-17(14-19(7-2)22(18)37-25(4,5)23(33)35-8-3)15-32-24(34)31(16-30-32)20-9-11-21(12-10-20)36-26(27,28)29/h9-14,16H,6-8,15H2,1-5H3. The topological polar surface area (TPSA) is 84.6 Å². The van der Waals surface area contributed by atoms with Crippen LogP contribution in [0, 0.1) is 0 Å². The van der Waals surface area contributed by atoms with Crippen molar-refractivity contribution in [1.29, 1.82) is 0 Å². The van der Waals surface area contributed by atoms with Gasteiger partial charge in [0.15, 0.2) is 5.60 Å². The number of alkyl halides is 3. The SMILES string of the molecule is CCOC(=O)C(C)(C)Oc1c(CC)cc(Cn2ncn(-c3ccc(OC(F)(F)F)cc3)c2=O)cc1CC. The third-order valence-electron chi connectivity index (χ3n) is 5.60. The van der Waals surface area contributed by atoms with Crippen molar-refractivity contribution in [2.45, 2.75) is 66.0 Å². The molecule has 200 valence electrons. The molecule has 0 aliphatic heterocycles. The lowest BCUT2D eigenvalue weighted by Gasteiger charge is -2.27. The lowest BCUT2D eigenvalue weighted by Crippen LogP contribution is -2.40. The number of hydrogen-bond acceptors (Lipinski definition) is 6. The first-order valence-electron chi connectivity index (χ1n) is 11.9. The van der Waals surface area contributed by atoms with Crippen LogP contribution in [0.2, 0.25) is 0 Å². The van der Waals surface area contributed by atoms with E-state index in [1.54, 1.807) is 20.8 Å². The molecule has 1 heterocycles. The van der Waals surface area contributed by atoms with Gasteiger partial charge in [-0.1, -0.05) is 26.0 Å². The van der Waals surface area contributed by atoms with Gasteiger partial charge in [0.2, 0.25) is 0 Å². The molecule has 37 heavy (non-hydrogen) atoms. The van der Waals surface area contributed by atoms with E-state index in [1.807, 2.05) is 26.0 Å². The Kier molecular flexibility index (Phi) is 8.35. The highest BCUT2D eigenvalue weighted by molar-refractivity contribution is 5.79. The molecule has 8 nitrogen and oxygen atoms in total. The number of ether oxygens (including phenoxy) is 3. The summed E-state index contributed by atoms with van der Waals surface area (Å²) in [5.74, 6) is -0.228. The monoisotopic (exact) mass is 521 g/mol. The summed E-state index contributed by atoms with van der Waals surface area (Å²) in [6.07, 6.45) is -2.23. The van der Waals surface area contributed by atoms with Crippen molar-refractivity contribution in [3.05, 3.63) is 69.9 Å². The van der Waals surface area contributed by atoms with E-state index >= 15 is 0 Å². The second-order valence-electron chi connectivity index (χ2n) is 8.77. The maximum atomic E-state index is 13.0. The smallest absolute Gasteiger partial charge is 0.476 e. The summed E-state index contributed by atoms with van der Waals surface area (Å²) < 4.78 is 54.9. The number of carbonyl (C=O) groups excluding carboxylic acids is 1. The molecular weight excluding hydrogens is 491 g/mol. The molecule has 0 fully saturated rings. The van der Waals surface area contributed by atoms with Gasteiger partial charge in [0, 0.05) is 0 Å². The van der Waals surface area contributed by atoms with Crippen LogP contribution in [0.15, 0.2) is 47.5 Å². The van der Waals surface area contributed by atoms with Gasteiger partial charge >= 0.3 is 18.0 Å². The van der Waals surface area contributed by atoms with Gasteiger partial charge in [0.1, 0.15) is 17.8 Å². The van der Waals surface area contributed by atoms with Crippen molar-refractivity contribution >= 4 is 5.97 Å². The van der Waals surface area contributed by atoms with Crippen LogP contribution >= 0.6 is 0 Å². The summed E-state index contributed by atoms with van der Waals surface area (Å²) in [7, 11) is 0. The molecular formula is C26H30F3N3O5. The van der Waals surface area contributed by atoms with E-state index in [1.165, 1.54) is 27.7 Å². The second-order valence-corrected chi connectivity index (χ2v) is 8.77. The Balaban J connectivity index is 1.87. The molecule has 11 heteroatoms. The fraction of sp³-hybridized carbons (Fsp3) is 0.423. The number of carbonyl (C=O) groups is 1. The van der Waals surface area contributed by atoms with Crippen molar-refractivity contribution in [3.63, 3.8) is 0 Å². The van der Waals surface area contributed by atoms with Crippen LogP contribution in [0.3, 0.4) is 0 Å². The molecule has 0 saturated carbocycles. The number of aromatic nitrogens is 3. The molecule has 0 amide bonds. The quantitative estimate of drug-likeness (QED) is 0.356. The fourth-order valence-electron chi connectivity index (χ4n) is 3.78. The molecule has 0 atom stereocenters. The Hall–Kier alpha value is -3.76. The minimum absolute atomic E-state index is 0.169. The third kappa shape index (κ3) is 6.72. The zero-order valence-corrected chi connectivity index (χ0v) is 21.4. The highest BCUT2D eigenvalue weighted by Gasteiger charge is 2.33. The van der Waals surface area contributed by atoms with Gasteiger partial charge in [-0.15, -0.1) is 13.2 Å². The van der Waals surface area contributed by atoms with E-state index in [0.29, 0.717) is 24.3 Å². The van der Waals surface area contributed by atoms with Crippen LogP contribution in [0.1, 0.15) is 51.3 Å². The number of hydrogen-bond donors (Lipinski definition) is 0. The number of benzene rings is 2. The number of nitrogens with zero attached hydrogens (tertiary/aromatic N) is 3. The van der Waals surface area contributed by atoms with Gasteiger partial charge in [-0.25, -0.2) is 18.8 Å². The molecule has 0 radical (unpaired) electrons.